The number of carbonyl (C=O) groups is 4. The van der Waals surface area contributed by atoms with E-state index in [1.165, 1.54) is 38.1 Å². The molecule has 1 saturated heterocycles. The molecule has 12 nitrogen and oxygen atoms in total. The molecule has 2 atom stereocenters. The molecule has 0 aliphatic carbocycles. The molecule has 0 bridgehead atoms. The SMILES string of the molecule is CON=C(C(=O)NC1C(=O)N2C(C(=O)O)=C(OC)CS[C@@H]12)c1cccc(NC=O)n1. The number of carboxylic acid groups (broad SMARTS) is 1. The number of fused-ring (bicyclic) bond motifs is 1. The van der Waals surface area contributed by atoms with Crippen LogP contribution in [-0.4, -0.2) is 76.3 Å². The number of hydrogen-bond donors (Lipinski definition) is 3. The number of aliphatic carboxylic acids is 1. The van der Waals surface area contributed by atoms with Gasteiger partial charge in [-0.1, -0.05) is 11.2 Å². The molecule has 2 aliphatic rings. The molecule has 3 N–H and O–H groups in total. The number of rotatable bonds is 8. The van der Waals surface area contributed by atoms with Crippen molar-refractivity contribution >= 4 is 47.5 Å². The number of pyridine rings is 1. The van der Waals surface area contributed by atoms with Crippen LogP contribution in [0.4, 0.5) is 5.82 Å². The van der Waals surface area contributed by atoms with Gasteiger partial charge in [0, 0.05) is 0 Å². The second-order valence-corrected chi connectivity index (χ2v) is 7.04. The maximum absolute atomic E-state index is 12.8. The number of anilines is 1. The summed E-state index contributed by atoms with van der Waals surface area (Å²) in [5.41, 5.74) is -0.351. The minimum atomic E-state index is -1.29. The maximum Gasteiger partial charge on any atom is 0.356 e. The lowest BCUT2D eigenvalue weighted by Crippen LogP contribution is -2.71. The van der Waals surface area contributed by atoms with Crippen LogP contribution in [0.25, 0.3) is 0 Å². The summed E-state index contributed by atoms with van der Waals surface area (Å²) in [6, 6.07) is 3.58. The zero-order valence-electron chi connectivity index (χ0n) is 15.8. The molecule has 1 aromatic rings. The van der Waals surface area contributed by atoms with Crippen LogP contribution in [0.5, 0.6) is 0 Å². The van der Waals surface area contributed by atoms with Gasteiger partial charge in [-0.05, 0) is 12.1 Å². The Balaban J connectivity index is 1.80. The summed E-state index contributed by atoms with van der Waals surface area (Å²) in [7, 11) is 2.57. The Morgan fingerprint density at radius 3 is 2.80 bits per heavy atom. The molecule has 158 valence electrons. The molecule has 3 rings (SSSR count). The van der Waals surface area contributed by atoms with Crippen molar-refractivity contribution in [1.82, 2.24) is 15.2 Å². The number of aromatic nitrogens is 1. The highest BCUT2D eigenvalue weighted by molar-refractivity contribution is 8.00. The van der Waals surface area contributed by atoms with E-state index < -0.39 is 29.2 Å². The molecule has 3 amide bonds. The van der Waals surface area contributed by atoms with E-state index >= 15 is 0 Å². The smallest absolute Gasteiger partial charge is 0.356 e. The van der Waals surface area contributed by atoms with E-state index in [0.29, 0.717) is 6.41 Å². The fourth-order valence-electron chi connectivity index (χ4n) is 2.96. The molecule has 30 heavy (non-hydrogen) atoms. The zero-order valence-corrected chi connectivity index (χ0v) is 16.6. The number of carbonyl (C=O) groups excluding carboxylic acids is 3. The van der Waals surface area contributed by atoms with E-state index in [9.17, 15) is 24.3 Å². The highest BCUT2D eigenvalue weighted by atomic mass is 32.2. The number of ether oxygens (including phenoxy) is 1. The van der Waals surface area contributed by atoms with Crippen molar-refractivity contribution in [2.45, 2.75) is 11.4 Å². The van der Waals surface area contributed by atoms with Crippen LogP contribution < -0.4 is 10.6 Å². The van der Waals surface area contributed by atoms with Gasteiger partial charge < -0.3 is 25.3 Å². The van der Waals surface area contributed by atoms with E-state index in [2.05, 4.69) is 20.8 Å². The predicted molar refractivity (Wildman–Crippen MR) is 104 cm³/mol. The van der Waals surface area contributed by atoms with Crippen LogP contribution >= 0.6 is 11.8 Å². The summed E-state index contributed by atoms with van der Waals surface area (Å²) < 4.78 is 5.06. The third kappa shape index (κ3) is 3.78. The van der Waals surface area contributed by atoms with Gasteiger partial charge in [-0.2, -0.15) is 0 Å². The van der Waals surface area contributed by atoms with Gasteiger partial charge in [-0.3, -0.25) is 19.3 Å². The first-order valence-electron chi connectivity index (χ1n) is 8.47. The zero-order chi connectivity index (χ0) is 21.8. The number of nitrogens with zero attached hydrogens (tertiary/aromatic N) is 3. The number of oxime groups is 1. The molecule has 13 heteroatoms. The summed E-state index contributed by atoms with van der Waals surface area (Å²) >= 11 is 1.26. The molecule has 0 aromatic carbocycles. The van der Waals surface area contributed by atoms with Crippen molar-refractivity contribution in [2.24, 2.45) is 5.16 Å². The Kier molecular flexibility index (Phi) is 6.20. The second-order valence-electron chi connectivity index (χ2n) is 5.93. The van der Waals surface area contributed by atoms with E-state index in [0.717, 1.165) is 4.90 Å². The van der Waals surface area contributed by atoms with Crippen molar-refractivity contribution in [3.05, 3.63) is 35.3 Å². The normalized spacial score (nSPS) is 20.7. The van der Waals surface area contributed by atoms with Gasteiger partial charge in [0.15, 0.2) is 11.4 Å². The average Bonchev–Trinajstić information content (AvgIpc) is 2.74. The summed E-state index contributed by atoms with van der Waals surface area (Å²) in [5.74, 6) is -2.03. The van der Waals surface area contributed by atoms with Crippen molar-refractivity contribution < 1.29 is 33.9 Å². The first-order chi connectivity index (χ1) is 14.4. The lowest BCUT2D eigenvalue weighted by Gasteiger charge is -2.48. The molecule has 1 fully saturated rings. The van der Waals surface area contributed by atoms with E-state index in [1.807, 2.05) is 0 Å². The molecule has 0 saturated carbocycles. The standard InChI is InChI=1S/C17H17N5O7S/c1-28-9-6-30-16-12(15(25)22(16)13(9)17(26)27)20-14(24)11(21-29-2)8-4-3-5-10(19-8)18-7-23/h3-5,7,12,16H,6H2,1-2H3,(H,20,24)(H,26,27)(H,18,19,23)/t12?,16-/m0/s1. The number of nitrogens with one attached hydrogen (secondary N) is 2. The second kappa shape index (κ2) is 8.82. The molecule has 0 radical (unpaired) electrons. The van der Waals surface area contributed by atoms with Crippen LogP contribution in [-0.2, 0) is 28.8 Å². The van der Waals surface area contributed by atoms with Crippen molar-refractivity contribution in [3.8, 4) is 0 Å². The van der Waals surface area contributed by atoms with Gasteiger partial charge in [0.25, 0.3) is 11.8 Å². The van der Waals surface area contributed by atoms with Crippen molar-refractivity contribution in [1.29, 1.82) is 0 Å². The summed E-state index contributed by atoms with van der Waals surface area (Å²) in [4.78, 5) is 57.4. The number of hydrogen-bond acceptors (Lipinski definition) is 9. The van der Waals surface area contributed by atoms with Crippen LogP contribution in [0.2, 0.25) is 0 Å². The minimum Gasteiger partial charge on any atom is -0.498 e. The van der Waals surface area contributed by atoms with Crippen LogP contribution in [0.3, 0.4) is 0 Å². The van der Waals surface area contributed by atoms with Gasteiger partial charge in [0.1, 0.15) is 35.8 Å². The lowest BCUT2D eigenvalue weighted by molar-refractivity contribution is -0.150. The number of amides is 3. The number of methoxy groups -OCH3 is 1. The minimum absolute atomic E-state index is 0.105. The maximum atomic E-state index is 12.8. The third-order valence-corrected chi connectivity index (χ3v) is 5.52. The molecule has 2 aliphatic heterocycles. The van der Waals surface area contributed by atoms with Gasteiger partial charge in [-0.15, -0.1) is 11.8 Å². The Labute approximate surface area is 174 Å². The molecule has 1 unspecified atom stereocenters. The highest BCUT2D eigenvalue weighted by Crippen LogP contribution is 2.40. The number of thioether (sulfide) groups is 1. The van der Waals surface area contributed by atoms with Gasteiger partial charge >= 0.3 is 5.97 Å². The molecule has 1 aromatic heterocycles. The Bertz CT molecular complexity index is 964. The molecule has 0 spiro atoms. The first kappa shape index (κ1) is 21.1. The molecule has 3 heterocycles. The largest absolute Gasteiger partial charge is 0.498 e. The molecular weight excluding hydrogens is 418 g/mol. The fraction of sp³-hybridized carbons (Fsp3) is 0.294. The van der Waals surface area contributed by atoms with Crippen molar-refractivity contribution in [2.75, 3.05) is 25.3 Å². The van der Waals surface area contributed by atoms with E-state index in [1.54, 1.807) is 6.07 Å². The highest BCUT2D eigenvalue weighted by Gasteiger charge is 2.55. The van der Waals surface area contributed by atoms with E-state index in [-0.39, 0.29) is 34.4 Å². The van der Waals surface area contributed by atoms with Crippen molar-refractivity contribution in [3.63, 3.8) is 0 Å². The average molecular weight is 435 g/mol. The lowest BCUT2D eigenvalue weighted by atomic mass is 10.0. The Hall–Kier alpha value is -3.61. The van der Waals surface area contributed by atoms with Gasteiger partial charge in [-0.25, -0.2) is 9.78 Å². The molecular formula is C17H17N5O7S. The number of β-lactam (4-membered cyclic amide) rings is 1. The van der Waals surface area contributed by atoms with E-state index in [4.69, 9.17) is 9.57 Å². The summed E-state index contributed by atoms with van der Waals surface area (Å²) in [6.45, 7) is 0. The third-order valence-electron chi connectivity index (χ3n) is 4.27. The number of carboxylic acids is 1. The van der Waals surface area contributed by atoms with Crippen LogP contribution in [0.15, 0.2) is 34.8 Å². The Morgan fingerprint density at radius 1 is 1.40 bits per heavy atom. The van der Waals surface area contributed by atoms with Crippen LogP contribution in [0, 0.1) is 0 Å². The quantitative estimate of drug-likeness (QED) is 0.208. The summed E-state index contributed by atoms with van der Waals surface area (Å²) in [6.07, 6.45) is 0.434. The first-order valence-corrected chi connectivity index (χ1v) is 9.52. The van der Waals surface area contributed by atoms with Gasteiger partial charge in [0.2, 0.25) is 6.41 Å². The van der Waals surface area contributed by atoms with Gasteiger partial charge in [0.05, 0.1) is 12.9 Å². The topological polar surface area (TPSA) is 160 Å². The fourth-order valence-corrected chi connectivity index (χ4v) is 4.27. The van der Waals surface area contributed by atoms with Crippen LogP contribution in [0.1, 0.15) is 5.69 Å². The summed E-state index contributed by atoms with van der Waals surface area (Å²) in [5, 5.41) is 17.4. The monoisotopic (exact) mass is 435 g/mol. The Morgan fingerprint density at radius 2 is 2.17 bits per heavy atom. The predicted octanol–water partition coefficient (Wildman–Crippen LogP) is -0.657.